The molecule has 0 aromatic carbocycles. The Bertz CT molecular complexity index is 354. The van der Waals surface area contributed by atoms with Gasteiger partial charge in [-0.2, -0.15) is 0 Å². The van der Waals surface area contributed by atoms with Gasteiger partial charge in [0, 0.05) is 31.8 Å². The Morgan fingerprint density at radius 1 is 1.40 bits per heavy atom. The van der Waals surface area contributed by atoms with Crippen LogP contribution in [0.15, 0.2) is 18.5 Å². The smallest absolute Gasteiger partial charge is 0.337 e. The largest absolute Gasteiger partial charge is 0.478 e. The summed E-state index contributed by atoms with van der Waals surface area (Å²) in [6, 6.07) is 1.53. The number of carbonyl (C=O) groups excluding carboxylic acids is 1. The molecular formula is C11H15NO3. The fourth-order valence-corrected chi connectivity index (χ4v) is 1.36. The molecule has 0 amide bonds. The van der Waals surface area contributed by atoms with E-state index in [9.17, 15) is 9.59 Å². The fraction of sp³-hybridized carbons (Fsp3) is 0.455. The molecule has 0 aliphatic carbocycles. The molecule has 0 aliphatic rings. The third kappa shape index (κ3) is 3.58. The SMILES string of the molecule is CCCC(=O)CCn1ccc(C(=O)O)c1. The van der Waals surface area contributed by atoms with Crippen LogP contribution in [0.4, 0.5) is 0 Å². The molecule has 1 heterocycles. The molecule has 0 unspecified atom stereocenters. The number of ketones is 1. The standard InChI is InChI=1S/C11H15NO3/c1-2-3-10(13)5-7-12-6-4-9(8-12)11(14)15/h4,6,8H,2-3,5,7H2,1H3,(H,14,15). The molecule has 1 aromatic rings. The second kappa shape index (κ2) is 5.34. The first-order valence-electron chi connectivity index (χ1n) is 5.04. The van der Waals surface area contributed by atoms with E-state index in [4.69, 9.17) is 5.11 Å². The maximum Gasteiger partial charge on any atom is 0.337 e. The van der Waals surface area contributed by atoms with Crippen molar-refractivity contribution in [2.24, 2.45) is 0 Å². The van der Waals surface area contributed by atoms with Gasteiger partial charge in [0.25, 0.3) is 0 Å². The highest BCUT2D eigenvalue weighted by Gasteiger charge is 2.05. The van der Waals surface area contributed by atoms with E-state index < -0.39 is 5.97 Å². The Morgan fingerprint density at radius 2 is 2.13 bits per heavy atom. The molecule has 0 saturated carbocycles. The molecule has 0 radical (unpaired) electrons. The van der Waals surface area contributed by atoms with Crippen molar-refractivity contribution < 1.29 is 14.7 Å². The number of carboxylic acid groups (broad SMARTS) is 1. The van der Waals surface area contributed by atoms with Gasteiger partial charge in [0.05, 0.1) is 5.56 Å². The molecule has 4 nitrogen and oxygen atoms in total. The number of rotatable bonds is 6. The summed E-state index contributed by atoms with van der Waals surface area (Å²) in [6.07, 6.45) is 5.17. The third-order valence-corrected chi connectivity index (χ3v) is 2.18. The van der Waals surface area contributed by atoms with E-state index >= 15 is 0 Å². The topological polar surface area (TPSA) is 59.3 Å². The summed E-state index contributed by atoms with van der Waals surface area (Å²) >= 11 is 0. The average Bonchev–Trinajstić information content (AvgIpc) is 2.63. The molecule has 0 saturated heterocycles. The number of aryl methyl sites for hydroxylation is 1. The molecule has 4 heteroatoms. The first-order valence-corrected chi connectivity index (χ1v) is 5.04. The number of aromatic carboxylic acids is 1. The fourth-order valence-electron chi connectivity index (χ4n) is 1.36. The second-order valence-corrected chi connectivity index (χ2v) is 3.48. The highest BCUT2D eigenvalue weighted by molar-refractivity contribution is 5.87. The van der Waals surface area contributed by atoms with Crippen LogP contribution in [0.5, 0.6) is 0 Å². The lowest BCUT2D eigenvalue weighted by atomic mass is 10.2. The van der Waals surface area contributed by atoms with Crippen molar-refractivity contribution in [1.29, 1.82) is 0 Å². The number of Topliss-reactive ketones (excluding diaryl/α,β-unsaturated/α-hetero) is 1. The number of hydrogen-bond acceptors (Lipinski definition) is 2. The van der Waals surface area contributed by atoms with Crippen molar-refractivity contribution in [1.82, 2.24) is 4.57 Å². The molecule has 0 aliphatic heterocycles. The van der Waals surface area contributed by atoms with Crippen LogP contribution < -0.4 is 0 Å². The van der Waals surface area contributed by atoms with Crippen LogP contribution in [-0.2, 0) is 11.3 Å². The molecule has 1 aromatic heterocycles. The number of carboxylic acids is 1. The zero-order valence-corrected chi connectivity index (χ0v) is 8.77. The lowest BCUT2D eigenvalue weighted by Gasteiger charge is -2.00. The quantitative estimate of drug-likeness (QED) is 0.778. The van der Waals surface area contributed by atoms with Crippen molar-refractivity contribution in [2.45, 2.75) is 32.7 Å². The number of aromatic nitrogens is 1. The highest BCUT2D eigenvalue weighted by atomic mass is 16.4. The summed E-state index contributed by atoms with van der Waals surface area (Å²) in [7, 11) is 0. The van der Waals surface area contributed by atoms with Gasteiger partial charge in [-0.05, 0) is 12.5 Å². The Kier molecular flexibility index (Phi) is 4.09. The van der Waals surface area contributed by atoms with E-state index in [0.29, 0.717) is 19.4 Å². The minimum absolute atomic E-state index is 0.225. The van der Waals surface area contributed by atoms with Crippen LogP contribution in [0.3, 0.4) is 0 Å². The van der Waals surface area contributed by atoms with Crippen molar-refractivity contribution in [2.75, 3.05) is 0 Å². The van der Waals surface area contributed by atoms with Crippen LogP contribution in [0, 0.1) is 0 Å². The first kappa shape index (κ1) is 11.5. The molecule has 0 bridgehead atoms. The highest BCUT2D eigenvalue weighted by Crippen LogP contribution is 2.03. The molecule has 0 atom stereocenters. The molecule has 1 N–H and O–H groups in total. The number of hydrogen-bond donors (Lipinski definition) is 1. The monoisotopic (exact) mass is 209 g/mol. The van der Waals surface area contributed by atoms with Gasteiger partial charge in [-0.3, -0.25) is 4.79 Å². The Labute approximate surface area is 88.5 Å². The zero-order valence-electron chi connectivity index (χ0n) is 8.77. The van der Waals surface area contributed by atoms with Crippen LogP contribution in [0.1, 0.15) is 36.5 Å². The molecule has 82 valence electrons. The van der Waals surface area contributed by atoms with Crippen molar-refractivity contribution in [3.63, 3.8) is 0 Å². The van der Waals surface area contributed by atoms with E-state index in [1.54, 1.807) is 17.0 Å². The zero-order chi connectivity index (χ0) is 11.3. The average molecular weight is 209 g/mol. The van der Waals surface area contributed by atoms with Crippen molar-refractivity contribution in [3.8, 4) is 0 Å². The van der Waals surface area contributed by atoms with Crippen LogP contribution in [0.25, 0.3) is 0 Å². The van der Waals surface area contributed by atoms with Crippen LogP contribution >= 0.6 is 0 Å². The third-order valence-electron chi connectivity index (χ3n) is 2.18. The van der Waals surface area contributed by atoms with Gasteiger partial charge in [-0.15, -0.1) is 0 Å². The molecule has 0 fully saturated rings. The van der Waals surface area contributed by atoms with Gasteiger partial charge >= 0.3 is 5.97 Å². The maximum atomic E-state index is 11.2. The lowest BCUT2D eigenvalue weighted by Crippen LogP contribution is -2.03. The summed E-state index contributed by atoms with van der Waals surface area (Å²) in [4.78, 5) is 21.8. The Morgan fingerprint density at radius 3 is 2.67 bits per heavy atom. The van der Waals surface area contributed by atoms with Gasteiger partial charge in [0.1, 0.15) is 5.78 Å². The molecule has 1 rings (SSSR count). The minimum Gasteiger partial charge on any atom is -0.478 e. The van der Waals surface area contributed by atoms with Gasteiger partial charge in [-0.25, -0.2) is 4.79 Å². The minimum atomic E-state index is -0.936. The Balaban J connectivity index is 2.44. The summed E-state index contributed by atoms with van der Waals surface area (Å²) < 4.78 is 1.73. The number of nitrogens with zero attached hydrogens (tertiary/aromatic N) is 1. The first-order chi connectivity index (χ1) is 7.13. The molecular weight excluding hydrogens is 194 g/mol. The normalized spacial score (nSPS) is 10.2. The van der Waals surface area contributed by atoms with E-state index in [2.05, 4.69) is 0 Å². The predicted molar refractivity (Wildman–Crippen MR) is 55.9 cm³/mol. The molecule has 15 heavy (non-hydrogen) atoms. The van der Waals surface area contributed by atoms with Crippen molar-refractivity contribution in [3.05, 3.63) is 24.0 Å². The summed E-state index contributed by atoms with van der Waals surface area (Å²) in [5.41, 5.74) is 0.262. The second-order valence-electron chi connectivity index (χ2n) is 3.48. The van der Waals surface area contributed by atoms with Crippen LogP contribution in [0.2, 0.25) is 0 Å². The van der Waals surface area contributed by atoms with E-state index in [1.165, 1.54) is 6.07 Å². The van der Waals surface area contributed by atoms with E-state index in [-0.39, 0.29) is 11.3 Å². The van der Waals surface area contributed by atoms with E-state index in [1.807, 2.05) is 6.92 Å². The van der Waals surface area contributed by atoms with Gasteiger partial charge in [0.15, 0.2) is 0 Å². The summed E-state index contributed by atoms with van der Waals surface area (Å²) in [6.45, 7) is 2.53. The van der Waals surface area contributed by atoms with Gasteiger partial charge < -0.3 is 9.67 Å². The van der Waals surface area contributed by atoms with Gasteiger partial charge in [0.2, 0.25) is 0 Å². The lowest BCUT2D eigenvalue weighted by molar-refractivity contribution is -0.119. The maximum absolute atomic E-state index is 11.2. The Hall–Kier alpha value is -1.58. The molecule has 0 spiro atoms. The predicted octanol–water partition coefficient (Wildman–Crippen LogP) is 1.95. The van der Waals surface area contributed by atoms with E-state index in [0.717, 1.165) is 6.42 Å². The summed E-state index contributed by atoms with van der Waals surface area (Å²) in [5, 5.41) is 8.68. The van der Waals surface area contributed by atoms with Crippen molar-refractivity contribution >= 4 is 11.8 Å². The number of carbonyl (C=O) groups is 2. The summed E-state index contributed by atoms with van der Waals surface area (Å²) in [5.74, 6) is -0.711. The van der Waals surface area contributed by atoms with Crippen LogP contribution in [-0.4, -0.2) is 21.4 Å². The van der Waals surface area contributed by atoms with Gasteiger partial charge in [-0.1, -0.05) is 6.92 Å².